The molecular weight excluding hydrogens is 363 g/mol. The van der Waals surface area contributed by atoms with Gasteiger partial charge in [-0.05, 0) is 17.9 Å². The summed E-state index contributed by atoms with van der Waals surface area (Å²) in [6.45, 7) is 6.27. The van der Waals surface area contributed by atoms with Gasteiger partial charge in [-0.15, -0.1) is 0 Å². The van der Waals surface area contributed by atoms with E-state index in [0.717, 1.165) is 0 Å². The molecule has 1 atom stereocenters. The highest BCUT2D eigenvalue weighted by Crippen LogP contribution is 2.33. The van der Waals surface area contributed by atoms with Gasteiger partial charge >= 0.3 is 0 Å². The van der Waals surface area contributed by atoms with Crippen molar-refractivity contribution in [3.63, 3.8) is 0 Å². The summed E-state index contributed by atoms with van der Waals surface area (Å²) in [6.07, 6.45) is 1.27. The van der Waals surface area contributed by atoms with E-state index in [1.165, 1.54) is 6.07 Å². The molecule has 0 aliphatic carbocycles. The number of carbonyl (C=O) groups is 2. The van der Waals surface area contributed by atoms with Crippen LogP contribution in [0.2, 0.25) is 0 Å². The maximum atomic E-state index is 14.0. The van der Waals surface area contributed by atoms with Crippen molar-refractivity contribution in [2.45, 2.75) is 59.2 Å². The summed E-state index contributed by atoms with van der Waals surface area (Å²) >= 11 is 0. The Morgan fingerprint density at radius 3 is 2.82 bits per heavy atom. The summed E-state index contributed by atoms with van der Waals surface area (Å²) in [5.74, 6) is 0.140. The maximum absolute atomic E-state index is 14.0. The molecule has 1 aliphatic heterocycles. The second-order valence-electron chi connectivity index (χ2n) is 8.23. The Bertz CT molecular complexity index is 859. The van der Waals surface area contributed by atoms with Crippen molar-refractivity contribution in [2.75, 3.05) is 0 Å². The Hall–Kier alpha value is -2.77. The van der Waals surface area contributed by atoms with Gasteiger partial charge in [-0.1, -0.05) is 44.1 Å². The molecule has 1 aliphatic rings. The highest BCUT2D eigenvalue weighted by molar-refractivity contribution is 5.79. The first-order valence-electron chi connectivity index (χ1n) is 9.35. The van der Waals surface area contributed by atoms with Crippen LogP contribution in [-0.2, 0) is 22.7 Å². The van der Waals surface area contributed by atoms with Gasteiger partial charge in [0.15, 0.2) is 5.82 Å². The van der Waals surface area contributed by atoms with Gasteiger partial charge in [-0.25, -0.2) is 4.39 Å². The van der Waals surface area contributed by atoms with Crippen LogP contribution in [0.5, 0.6) is 0 Å². The first-order chi connectivity index (χ1) is 13.2. The normalized spacial score (nSPS) is 17.2. The van der Waals surface area contributed by atoms with Crippen molar-refractivity contribution < 1.29 is 18.5 Å². The van der Waals surface area contributed by atoms with E-state index < -0.39 is 6.04 Å². The monoisotopic (exact) mass is 388 g/mol. The van der Waals surface area contributed by atoms with E-state index in [-0.39, 0.29) is 36.1 Å². The van der Waals surface area contributed by atoms with Gasteiger partial charge in [0.2, 0.25) is 17.7 Å². The van der Waals surface area contributed by atoms with Crippen molar-refractivity contribution >= 4 is 11.8 Å². The van der Waals surface area contributed by atoms with Crippen LogP contribution < -0.4 is 5.32 Å². The van der Waals surface area contributed by atoms with Crippen LogP contribution in [-0.4, -0.2) is 26.9 Å². The van der Waals surface area contributed by atoms with E-state index in [9.17, 15) is 14.0 Å². The molecule has 0 bridgehead atoms. The zero-order chi connectivity index (χ0) is 20.3. The Labute approximate surface area is 163 Å². The lowest BCUT2D eigenvalue weighted by Gasteiger charge is -2.22. The third-order valence-electron chi connectivity index (χ3n) is 4.53. The minimum Gasteiger partial charge on any atom is -0.349 e. The second kappa shape index (κ2) is 8.08. The number of nitrogens with zero attached hydrogens (tertiary/aromatic N) is 3. The lowest BCUT2D eigenvalue weighted by Crippen LogP contribution is -2.28. The van der Waals surface area contributed by atoms with Gasteiger partial charge in [0.05, 0.1) is 6.54 Å². The number of carbonyl (C=O) groups excluding carboxylic acids is 2. The van der Waals surface area contributed by atoms with E-state index in [2.05, 4.69) is 15.5 Å². The van der Waals surface area contributed by atoms with Gasteiger partial charge in [0, 0.05) is 24.9 Å². The predicted molar refractivity (Wildman–Crippen MR) is 99.1 cm³/mol. The fourth-order valence-electron chi connectivity index (χ4n) is 3.20. The van der Waals surface area contributed by atoms with Crippen molar-refractivity contribution in [3.8, 4) is 0 Å². The van der Waals surface area contributed by atoms with Gasteiger partial charge in [-0.3, -0.25) is 9.59 Å². The van der Waals surface area contributed by atoms with Crippen molar-refractivity contribution in [1.29, 1.82) is 0 Å². The molecule has 0 radical (unpaired) electrons. The van der Waals surface area contributed by atoms with Gasteiger partial charge in [-0.2, -0.15) is 4.98 Å². The molecule has 0 spiro atoms. The minimum atomic E-state index is -0.390. The van der Waals surface area contributed by atoms with E-state index in [1.54, 1.807) is 23.1 Å². The Morgan fingerprint density at radius 1 is 1.36 bits per heavy atom. The third-order valence-corrected chi connectivity index (χ3v) is 4.53. The molecule has 3 rings (SSSR count). The molecule has 1 aromatic carbocycles. The number of aromatic nitrogens is 2. The lowest BCUT2D eigenvalue weighted by atomic mass is 9.92. The number of amides is 2. The zero-order valence-corrected chi connectivity index (χ0v) is 16.4. The molecule has 1 saturated heterocycles. The summed E-state index contributed by atoms with van der Waals surface area (Å²) in [7, 11) is 0. The minimum absolute atomic E-state index is 0.0773. The first kappa shape index (κ1) is 20.0. The molecule has 2 aromatic rings. The van der Waals surface area contributed by atoms with Crippen LogP contribution in [0.4, 0.5) is 4.39 Å². The number of likely N-dealkylation sites (tertiary alicyclic amines) is 1. The lowest BCUT2D eigenvalue weighted by molar-refractivity contribution is -0.130. The first-order valence-corrected chi connectivity index (χ1v) is 9.35. The highest BCUT2D eigenvalue weighted by atomic mass is 19.1. The largest absolute Gasteiger partial charge is 0.349 e. The fourth-order valence-corrected chi connectivity index (χ4v) is 3.20. The number of benzene rings is 1. The van der Waals surface area contributed by atoms with Gasteiger partial charge < -0.3 is 14.7 Å². The number of rotatable bonds is 6. The van der Waals surface area contributed by atoms with E-state index in [0.29, 0.717) is 36.5 Å². The molecule has 2 amide bonds. The standard InChI is InChI=1S/C20H25FN4O3/c1-20(2,3)10-17(26)22-11-16-23-19(28-24-16)15-8-9-18(27)25(15)12-13-6-4-5-7-14(13)21/h4-7,15H,8-12H2,1-3H3,(H,22,26)/t15-/m0/s1. The second-order valence-corrected chi connectivity index (χ2v) is 8.23. The molecule has 8 heteroatoms. The average Bonchev–Trinajstić information content (AvgIpc) is 3.21. The fraction of sp³-hybridized carbons (Fsp3) is 0.500. The summed E-state index contributed by atoms with van der Waals surface area (Å²) < 4.78 is 19.3. The molecular formula is C20H25FN4O3. The van der Waals surface area contributed by atoms with Crippen molar-refractivity contribution in [2.24, 2.45) is 5.41 Å². The molecule has 28 heavy (non-hydrogen) atoms. The van der Waals surface area contributed by atoms with Crippen LogP contribution in [0.1, 0.15) is 63.4 Å². The van der Waals surface area contributed by atoms with Crippen LogP contribution in [0.25, 0.3) is 0 Å². The molecule has 7 nitrogen and oxygen atoms in total. The molecule has 150 valence electrons. The van der Waals surface area contributed by atoms with E-state index >= 15 is 0 Å². The smallest absolute Gasteiger partial charge is 0.249 e. The Morgan fingerprint density at radius 2 is 2.11 bits per heavy atom. The quantitative estimate of drug-likeness (QED) is 0.821. The van der Waals surface area contributed by atoms with E-state index in [4.69, 9.17) is 4.52 Å². The molecule has 0 unspecified atom stereocenters. The zero-order valence-electron chi connectivity index (χ0n) is 16.4. The molecule has 2 heterocycles. The molecule has 1 aromatic heterocycles. The maximum Gasteiger partial charge on any atom is 0.249 e. The third kappa shape index (κ3) is 4.94. The van der Waals surface area contributed by atoms with Gasteiger partial charge in [0.25, 0.3) is 0 Å². The summed E-state index contributed by atoms with van der Waals surface area (Å²) in [5, 5.41) is 6.67. The van der Waals surface area contributed by atoms with Crippen LogP contribution >= 0.6 is 0 Å². The average molecular weight is 388 g/mol. The number of halogens is 1. The van der Waals surface area contributed by atoms with Crippen LogP contribution in [0.15, 0.2) is 28.8 Å². The van der Waals surface area contributed by atoms with Crippen LogP contribution in [0.3, 0.4) is 0 Å². The Kier molecular flexibility index (Phi) is 5.76. The topological polar surface area (TPSA) is 88.3 Å². The highest BCUT2D eigenvalue weighted by Gasteiger charge is 2.36. The predicted octanol–water partition coefficient (Wildman–Crippen LogP) is 3.12. The summed E-state index contributed by atoms with van der Waals surface area (Å²) in [5.41, 5.74) is 0.334. The SMILES string of the molecule is CC(C)(C)CC(=O)NCc1noc([C@@H]2CCC(=O)N2Cc2ccccc2F)n1. The number of hydrogen-bond donors (Lipinski definition) is 1. The molecule has 0 saturated carbocycles. The Balaban J connectivity index is 1.65. The van der Waals surface area contributed by atoms with Crippen molar-refractivity contribution in [3.05, 3.63) is 47.4 Å². The van der Waals surface area contributed by atoms with E-state index in [1.807, 2.05) is 20.8 Å². The summed E-state index contributed by atoms with van der Waals surface area (Å²) in [4.78, 5) is 30.1. The number of hydrogen-bond acceptors (Lipinski definition) is 5. The number of nitrogens with one attached hydrogen (secondary N) is 1. The van der Waals surface area contributed by atoms with Gasteiger partial charge in [0.1, 0.15) is 11.9 Å². The molecule has 1 N–H and O–H groups in total. The van der Waals surface area contributed by atoms with Crippen LogP contribution in [0, 0.1) is 11.2 Å². The van der Waals surface area contributed by atoms with Crippen molar-refractivity contribution in [1.82, 2.24) is 20.4 Å². The summed E-state index contributed by atoms with van der Waals surface area (Å²) in [6, 6.07) is 5.98. The molecule has 1 fully saturated rings.